The maximum atomic E-state index is 13.6. The molecule has 1 atom stereocenters. The van der Waals surface area contributed by atoms with Crippen molar-refractivity contribution in [3.63, 3.8) is 0 Å². The molecule has 1 fully saturated rings. The van der Waals surface area contributed by atoms with Crippen molar-refractivity contribution in [2.45, 2.75) is 57.7 Å². The van der Waals surface area contributed by atoms with Crippen LogP contribution in [0, 0.1) is 10.1 Å². The van der Waals surface area contributed by atoms with Crippen molar-refractivity contribution < 1.29 is 22.9 Å². The van der Waals surface area contributed by atoms with Crippen LogP contribution in [0.25, 0.3) is 0 Å². The van der Waals surface area contributed by atoms with E-state index in [0.717, 1.165) is 48.7 Å². The Morgan fingerprint density at radius 3 is 2.43 bits per heavy atom. The van der Waals surface area contributed by atoms with Crippen LogP contribution in [-0.4, -0.2) is 54.9 Å². The van der Waals surface area contributed by atoms with E-state index in [9.17, 15) is 28.1 Å². The number of non-ortho nitro benzene ring substituents is 1. The Hall–Kier alpha value is -3.18. The van der Waals surface area contributed by atoms with Gasteiger partial charge in [-0.1, -0.05) is 49.1 Å². The molecule has 1 saturated carbocycles. The molecule has 0 aromatic heterocycles. The summed E-state index contributed by atoms with van der Waals surface area (Å²) in [4.78, 5) is 38.6. The number of sulfonamides is 1. The lowest BCUT2D eigenvalue weighted by Crippen LogP contribution is -2.52. The van der Waals surface area contributed by atoms with Gasteiger partial charge in [0.25, 0.3) is 5.69 Å². The number of rotatable bonds is 10. The molecule has 0 bridgehead atoms. The Kier molecular flexibility index (Phi) is 9.50. The van der Waals surface area contributed by atoms with Crippen molar-refractivity contribution in [3.8, 4) is 0 Å². The Morgan fingerprint density at radius 1 is 1.14 bits per heavy atom. The van der Waals surface area contributed by atoms with E-state index in [1.807, 2.05) is 0 Å². The minimum atomic E-state index is -4.00. The predicted molar refractivity (Wildman–Crippen MR) is 142 cm³/mol. The molecule has 1 aliphatic rings. The van der Waals surface area contributed by atoms with Gasteiger partial charge in [0.05, 0.1) is 16.9 Å². The lowest BCUT2D eigenvalue weighted by Gasteiger charge is -2.33. The van der Waals surface area contributed by atoms with E-state index < -0.39 is 33.4 Å². The minimum absolute atomic E-state index is 0.0190. The van der Waals surface area contributed by atoms with E-state index in [1.165, 1.54) is 23.1 Å². The molecule has 0 aliphatic heterocycles. The number of nitrogens with zero attached hydrogens (tertiary/aromatic N) is 3. The summed E-state index contributed by atoms with van der Waals surface area (Å²) in [6.45, 7) is 0.978. The molecule has 37 heavy (non-hydrogen) atoms. The summed E-state index contributed by atoms with van der Waals surface area (Å²) in [5, 5.41) is 14.7. The molecule has 2 aromatic rings. The highest BCUT2D eigenvalue weighted by molar-refractivity contribution is 7.92. The van der Waals surface area contributed by atoms with E-state index in [2.05, 4.69) is 5.32 Å². The number of anilines is 1. The van der Waals surface area contributed by atoms with Gasteiger partial charge in [-0.15, -0.1) is 0 Å². The third-order valence-corrected chi connectivity index (χ3v) is 7.74. The zero-order chi connectivity index (χ0) is 27.2. The number of hydrogen-bond acceptors (Lipinski definition) is 6. The number of halogens is 1. The van der Waals surface area contributed by atoms with Gasteiger partial charge in [-0.3, -0.25) is 24.0 Å². The first-order chi connectivity index (χ1) is 17.5. The number of nitrogens with one attached hydrogen (secondary N) is 1. The highest BCUT2D eigenvalue weighted by Gasteiger charge is 2.31. The Labute approximate surface area is 221 Å². The van der Waals surface area contributed by atoms with E-state index in [1.54, 1.807) is 31.2 Å². The number of carbonyl (C=O) groups is 2. The van der Waals surface area contributed by atoms with E-state index in [-0.39, 0.29) is 29.9 Å². The summed E-state index contributed by atoms with van der Waals surface area (Å²) in [5.74, 6) is -0.966. The zero-order valence-electron chi connectivity index (χ0n) is 20.8. The maximum Gasteiger partial charge on any atom is 0.271 e. The topological polar surface area (TPSA) is 130 Å². The first-order valence-electron chi connectivity index (χ1n) is 12.0. The number of carbonyl (C=O) groups excluding carboxylic acids is 2. The summed E-state index contributed by atoms with van der Waals surface area (Å²) in [7, 11) is -4.00. The molecule has 0 heterocycles. The number of amides is 2. The third-order valence-electron chi connectivity index (χ3n) is 6.37. The van der Waals surface area contributed by atoms with Crippen LogP contribution < -0.4 is 9.62 Å². The van der Waals surface area contributed by atoms with Gasteiger partial charge in [0, 0.05) is 29.7 Å². The highest BCUT2D eigenvalue weighted by atomic mass is 35.5. The van der Waals surface area contributed by atoms with Crippen LogP contribution in [0.1, 0.15) is 44.6 Å². The number of nitro groups is 1. The summed E-state index contributed by atoms with van der Waals surface area (Å²) < 4.78 is 26.1. The lowest BCUT2D eigenvalue weighted by molar-refractivity contribution is -0.384. The van der Waals surface area contributed by atoms with E-state index in [4.69, 9.17) is 11.6 Å². The Morgan fingerprint density at radius 2 is 1.81 bits per heavy atom. The Balaban J connectivity index is 1.90. The number of benzene rings is 2. The quantitative estimate of drug-likeness (QED) is 0.353. The molecule has 2 aromatic carbocycles. The molecule has 1 aliphatic carbocycles. The minimum Gasteiger partial charge on any atom is -0.352 e. The molecule has 0 radical (unpaired) electrons. The fourth-order valence-electron chi connectivity index (χ4n) is 4.36. The second-order valence-corrected chi connectivity index (χ2v) is 11.6. The predicted octanol–water partition coefficient (Wildman–Crippen LogP) is 3.88. The summed E-state index contributed by atoms with van der Waals surface area (Å²) >= 11 is 6.12. The number of hydrogen-bond donors (Lipinski definition) is 1. The highest BCUT2D eigenvalue weighted by Crippen LogP contribution is 2.24. The van der Waals surface area contributed by atoms with Crippen molar-refractivity contribution in [3.05, 3.63) is 69.2 Å². The van der Waals surface area contributed by atoms with Gasteiger partial charge in [0.1, 0.15) is 12.6 Å². The molecule has 1 unspecified atom stereocenters. The smallest absolute Gasteiger partial charge is 0.271 e. The number of nitro benzene ring substituents is 1. The van der Waals surface area contributed by atoms with Crippen LogP contribution in [0.5, 0.6) is 0 Å². The van der Waals surface area contributed by atoms with Crippen molar-refractivity contribution >= 4 is 44.8 Å². The first kappa shape index (κ1) is 28.4. The molecule has 0 spiro atoms. The van der Waals surface area contributed by atoms with Crippen LogP contribution in [0.4, 0.5) is 11.4 Å². The van der Waals surface area contributed by atoms with Gasteiger partial charge in [0.2, 0.25) is 21.8 Å². The summed E-state index contributed by atoms with van der Waals surface area (Å²) in [5.41, 5.74) is 0.334. The molecular formula is C25H31ClN4O6S. The average Bonchev–Trinajstić information content (AvgIpc) is 2.85. The van der Waals surface area contributed by atoms with Crippen LogP contribution in [0.15, 0.2) is 48.5 Å². The van der Waals surface area contributed by atoms with E-state index in [0.29, 0.717) is 10.6 Å². The van der Waals surface area contributed by atoms with Crippen molar-refractivity contribution in [1.29, 1.82) is 0 Å². The monoisotopic (exact) mass is 550 g/mol. The van der Waals surface area contributed by atoms with Crippen LogP contribution in [-0.2, 0) is 26.2 Å². The molecule has 12 heteroatoms. The lowest BCUT2D eigenvalue weighted by atomic mass is 9.95. The van der Waals surface area contributed by atoms with Crippen LogP contribution >= 0.6 is 11.6 Å². The van der Waals surface area contributed by atoms with Crippen LogP contribution in [0.3, 0.4) is 0 Å². The summed E-state index contributed by atoms with van der Waals surface area (Å²) in [6.07, 6.45) is 5.83. The van der Waals surface area contributed by atoms with Gasteiger partial charge in [-0.2, -0.15) is 0 Å². The molecule has 2 amide bonds. The molecule has 10 nitrogen and oxygen atoms in total. The Bertz CT molecular complexity index is 1250. The van der Waals surface area contributed by atoms with Gasteiger partial charge >= 0.3 is 0 Å². The van der Waals surface area contributed by atoms with Gasteiger partial charge in [0.15, 0.2) is 0 Å². The van der Waals surface area contributed by atoms with Crippen molar-refractivity contribution in [2.24, 2.45) is 0 Å². The van der Waals surface area contributed by atoms with Crippen molar-refractivity contribution in [1.82, 2.24) is 10.2 Å². The van der Waals surface area contributed by atoms with Crippen LogP contribution in [0.2, 0.25) is 5.02 Å². The molecule has 0 saturated heterocycles. The van der Waals surface area contributed by atoms with Gasteiger partial charge in [-0.05, 0) is 43.5 Å². The maximum absolute atomic E-state index is 13.6. The molecule has 200 valence electrons. The zero-order valence-corrected chi connectivity index (χ0v) is 22.4. The second kappa shape index (κ2) is 12.4. The fraction of sp³-hybridized carbons (Fsp3) is 0.440. The molecule has 3 rings (SSSR count). The largest absolute Gasteiger partial charge is 0.352 e. The molecular weight excluding hydrogens is 520 g/mol. The standard InChI is InChI=1S/C25H31ClN4O6S/c1-18(25(32)27-21-10-4-3-5-11-21)28(16-19-8-6-9-20(26)14-19)24(31)17-29(37(2,35)36)22-12-7-13-23(15-22)30(33)34/h6-9,12-15,18,21H,3-5,10-11,16-17H2,1-2H3,(H,27,32). The average molecular weight is 551 g/mol. The van der Waals surface area contributed by atoms with Gasteiger partial charge in [-0.25, -0.2) is 8.42 Å². The van der Waals surface area contributed by atoms with E-state index >= 15 is 0 Å². The van der Waals surface area contributed by atoms with Gasteiger partial charge < -0.3 is 10.2 Å². The van der Waals surface area contributed by atoms with Crippen molar-refractivity contribution in [2.75, 3.05) is 17.1 Å². The molecule has 1 N–H and O–H groups in total. The first-order valence-corrected chi connectivity index (χ1v) is 14.2. The summed E-state index contributed by atoms with van der Waals surface area (Å²) in [6, 6.07) is 11.0. The third kappa shape index (κ3) is 7.90. The SMILES string of the molecule is CC(C(=O)NC1CCCCC1)N(Cc1cccc(Cl)c1)C(=O)CN(c1cccc([N+](=O)[O-])c1)S(C)(=O)=O. The second-order valence-electron chi connectivity index (χ2n) is 9.22. The fourth-order valence-corrected chi connectivity index (χ4v) is 5.41. The normalized spacial score (nSPS) is 15.0.